The number of aliphatic carboxylic acids is 1. The number of hydrogen-bond donors (Lipinski definition) is 1. The monoisotopic (exact) mass is 289 g/mol. The molecule has 0 bridgehead atoms. The van der Waals surface area contributed by atoms with Gasteiger partial charge in [0.05, 0.1) is 10.6 Å². The highest BCUT2D eigenvalue weighted by atomic mass is 32.2. The summed E-state index contributed by atoms with van der Waals surface area (Å²) in [5.74, 6) is -0.597. The van der Waals surface area contributed by atoms with Crippen molar-refractivity contribution in [2.45, 2.75) is 18.6 Å². The van der Waals surface area contributed by atoms with E-state index in [9.17, 15) is 18.0 Å². The van der Waals surface area contributed by atoms with Crippen LogP contribution in [0.1, 0.15) is 11.1 Å². The van der Waals surface area contributed by atoms with Crippen LogP contribution in [0.3, 0.4) is 0 Å². The molecular weight excluding hydrogens is 279 g/mol. The number of benzene rings is 1. The van der Waals surface area contributed by atoms with E-state index in [1.54, 1.807) is 0 Å². The molecule has 0 saturated carbocycles. The predicted octanol–water partition coefficient (Wildman–Crippen LogP) is 2.85. The molecule has 102 valence electrons. The maximum absolute atomic E-state index is 12.4. The van der Waals surface area contributed by atoms with Crippen molar-refractivity contribution >= 4 is 22.8 Å². The summed E-state index contributed by atoms with van der Waals surface area (Å²) in [6.07, 6.45) is -3.97. The fourth-order valence-electron chi connectivity index (χ4n) is 1.63. The fourth-order valence-corrected chi connectivity index (χ4v) is 2.67. The van der Waals surface area contributed by atoms with Gasteiger partial charge in [0.25, 0.3) is 0 Å². The second kappa shape index (κ2) is 5.24. The van der Waals surface area contributed by atoms with E-state index in [0.717, 1.165) is 12.1 Å². The molecule has 19 heavy (non-hydrogen) atoms. The highest BCUT2D eigenvalue weighted by Crippen LogP contribution is 2.29. The third-order valence-electron chi connectivity index (χ3n) is 2.63. The standard InChI is InChI=1S/C12H10F3NO2S/c13-12(14,15)8-3-1-7(2-4-8)5-10-16-9(6-19-10)11(17)18/h1-4,9H,5-6H2,(H,17,18)/t9-/m0/s1. The lowest BCUT2D eigenvalue weighted by Crippen LogP contribution is -2.17. The molecule has 2 rings (SSSR count). The summed E-state index contributed by atoms with van der Waals surface area (Å²) in [6.45, 7) is 0. The molecule has 3 nitrogen and oxygen atoms in total. The van der Waals surface area contributed by atoms with E-state index in [2.05, 4.69) is 4.99 Å². The topological polar surface area (TPSA) is 49.7 Å². The van der Waals surface area contributed by atoms with Crippen LogP contribution in [0.15, 0.2) is 29.3 Å². The first-order valence-electron chi connectivity index (χ1n) is 5.44. The number of rotatable bonds is 3. The van der Waals surface area contributed by atoms with Crippen LogP contribution in [0.5, 0.6) is 0 Å². The summed E-state index contributed by atoms with van der Waals surface area (Å²) in [5, 5.41) is 9.42. The summed E-state index contributed by atoms with van der Waals surface area (Å²) in [7, 11) is 0. The first-order valence-corrected chi connectivity index (χ1v) is 6.43. The number of carbonyl (C=O) groups is 1. The van der Waals surface area contributed by atoms with E-state index in [1.165, 1.54) is 23.9 Å². The highest BCUT2D eigenvalue weighted by Gasteiger charge is 2.30. The predicted molar refractivity (Wildman–Crippen MR) is 66.5 cm³/mol. The second-order valence-corrected chi connectivity index (χ2v) is 5.15. The fraction of sp³-hybridized carbons (Fsp3) is 0.333. The van der Waals surface area contributed by atoms with Crippen LogP contribution in [0, 0.1) is 0 Å². The Morgan fingerprint density at radius 1 is 1.37 bits per heavy atom. The molecule has 1 aliphatic rings. The number of aliphatic imine (C=N–C) groups is 1. The van der Waals surface area contributed by atoms with Gasteiger partial charge >= 0.3 is 12.1 Å². The molecule has 1 aliphatic heterocycles. The van der Waals surface area contributed by atoms with E-state index in [1.807, 2.05) is 0 Å². The molecule has 0 spiro atoms. The van der Waals surface area contributed by atoms with Crippen LogP contribution in [-0.4, -0.2) is 27.9 Å². The Morgan fingerprint density at radius 2 is 2.00 bits per heavy atom. The molecule has 0 radical (unpaired) electrons. The van der Waals surface area contributed by atoms with E-state index in [0.29, 0.717) is 22.8 Å². The number of thioether (sulfide) groups is 1. The molecule has 1 heterocycles. The van der Waals surface area contributed by atoms with Crippen LogP contribution >= 0.6 is 11.8 Å². The normalized spacial score (nSPS) is 19.3. The molecule has 0 amide bonds. The molecule has 0 unspecified atom stereocenters. The van der Waals surface area contributed by atoms with Gasteiger partial charge in [-0.2, -0.15) is 13.2 Å². The molecule has 0 fully saturated rings. The average molecular weight is 289 g/mol. The zero-order chi connectivity index (χ0) is 14.0. The van der Waals surface area contributed by atoms with Gasteiger partial charge in [-0.05, 0) is 17.7 Å². The number of alkyl halides is 3. The molecule has 1 aromatic carbocycles. The zero-order valence-corrected chi connectivity index (χ0v) is 10.5. The Hall–Kier alpha value is -1.50. The Balaban J connectivity index is 2.05. The number of carboxylic acids is 1. The third-order valence-corrected chi connectivity index (χ3v) is 3.69. The maximum atomic E-state index is 12.4. The molecule has 7 heteroatoms. The Kier molecular flexibility index (Phi) is 3.84. The molecule has 1 aromatic rings. The summed E-state index contributed by atoms with van der Waals surface area (Å²) >= 11 is 1.33. The highest BCUT2D eigenvalue weighted by molar-refractivity contribution is 8.14. The smallest absolute Gasteiger partial charge is 0.416 e. The maximum Gasteiger partial charge on any atom is 0.416 e. The van der Waals surface area contributed by atoms with E-state index in [4.69, 9.17) is 5.11 Å². The van der Waals surface area contributed by atoms with Crippen LogP contribution in [0.2, 0.25) is 0 Å². The van der Waals surface area contributed by atoms with Gasteiger partial charge in [0.1, 0.15) is 0 Å². The van der Waals surface area contributed by atoms with Crippen molar-refractivity contribution in [1.29, 1.82) is 0 Å². The van der Waals surface area contributed by atoms with Crippen molar-refractivity contribution < 1.29 is 23.1 Å². The quantitative estimate of drug-likeness (QED) is 0.931. The largest absolute Gasteiger partial charge is 0.480 e. The summed E-state index contributed by atoms with van der Waals surface area (Å²) in [6, 6.07) is 4.07. The minimum atomic E-state index is -4.34. The number of carboxylic acid groups (broad SMARTS) is 1. The third kappa shape index (κ3) is 3.50. The van der Waals surface area contributed by atoms with Gasteiger partial charge < -0.3 is 5.11 Å². The van der Waals surface area contributed by atoms with Crippen molar-refractivity contribution in [2.24, 2.45) is 4.99 Å². The van der Waals surface area contributed by atoms with Crippen LogP contribution in [0.4, 0.5) is 13.2 Å². The van der Waals surface area contributed by atoms with Crippen molar-refractivity contribution in [1.82, 2.24) is 0 Å². The van der Waals surface area contributed by atoms with Gasteiger partial charge in [-0.1, -0.05) is 12.1 Å². The lowest BCUT2D eigenvalue weighted by atomic mass is 10.1. The van der Waals surface area contributed by atoms with Crippen LogP contribution in [0.25, 0.3) is 0 Å². The van der Waals surface area contributed by atoms with Gasteiger partial charge in [0.2, 0.25) is 0 Å². The van der Waals surface area contributed by atoms with Gasteiger partial charge in [-0.3, -0.25) is 4.99 Å². The van der Waals surface area contributed by atoms with Crippen molar-refractivity contribution in [2.75, 3.05) is 5.75 Å². The van der Waals surface area contributed by atoms with Gasteiger partial charge in [-0.25, -0.2) is 4.79 Å². The molecule has 0 saturated heterocycles. The molecule has 0 aromatic heterocycles. The zero-order valence-electron chi connectivity index (χ0n) is 9.65. The minimum absolute atomic E-state index is 0.368. The Morgan fingerprint density at radius 3 is 2.47 bits per heavy atom. The second-order valence-electron chi connectivity index (χ2n) is 4.06. The number of nitrogens with zero attached hydrogens (tertiary/aromatic N) is 1. The first kappa shape index (κ1) is 13.9. The van der Waals surface area contributed by atoms with E-state index < -0.39 is 23.8 Å². The van der Waals surface area contributed by atoms with Crippen molar-refractivity contribution in [3.63, 3.8) is 0 Å². The Labute approximate surface area is 111 Å². The lowest BCUT2D eigenvalue weighted by molar-refractivity contribution is -0.138. The number of halogens is 3. The summed E-state index contributed by atoms with van der Waals surface area (Å²) < 4.78 is 37.1. The van der Waals surface area contributed by atoms with E-state index >= 15 is 0 Å². The van der Waals surface area contributed by atoms with Crippen molar-refractivity contribution in [3.8, 4) is 0 Å². The molecule has 1 N–H and O–H groups in total. The van der Waals surface area contributed by atoms with Gasteiger partial charge in [0.15, 0.2) is 6.04 Å². The number of hydrogen-bond acceptors (Lipinski definition) is 3. The minimum Gasteiger partial charge on any atom is -0.480 e. The van der Waals surface area contributed by atoms with Crippen molar-refractivity contribution in [3.05, 3.63) is 35.4 Å². The first-order chi connectivity index (χ1) is 8.86. The van der Waals surface area contributed by atoms with Crippen LogP contribution in [-0.2, 0) is 17.4 Å². The summed E-state index contributed by atoms with van der Waals surface area (Å²) in [4.78, 5) is 14.7. The SMILES string of the molecule is O=C(O)[C@@H]1CSC(Cc2ccc(C(F)(F)F)cc2)=N1. The Bertz CT molecular complexity index is 511. The molecular formula is C12H10F3NO2S. The molecule has 1 atom stereocenters. The average Bonchev–Trinajstić information content (AvgIpc) is 2.77. The summed E-state index contributed by atoms with van der Waals surface area (Å²) in [5.41, 5.74) is -0.00837. The van der Waals surface area contributed by atoms with E-state index in [-0.39, 0.29) is 0 Å². The van der Waals surface area contributed by atoms with Gasteiger partial charge in [0, 0.05) is 12.2 Å². The lowest BCUT2D eigenvalue weighted by Gasteiger charge is -2.07. The molecule has 0 aliphatic carbocycles. The van der Waals surface area contributed by atoms with Crippen LogP contribution < -0.4 is 0 Å². The van der Waals surface area contributed by atoms with Gasteiger partial charge in [-0.15, -0.1) is 11.8 Å².